The Hall–Kier alpha value is -3.54. The van der Waals surface area contributed by atoms with Crippen LogP contribution in [0, 0.1) is 0 Å². The zero-order valence-electron chi connectivity index (χ0n) is 15.0. The monoisotopic (exact) mass is 362 g/mol. The van der Waals surface area contributed by atoms with Crippen LogP contribution in [0.25, 0.3) is 17.2 Å². The molecule has 0 atom stereocenters. The Bertz CT molecular complexity index is 1200. The Morgan fingerprint density at radius 1 is 1.00 bits per heavy atom. The highest BCUT2D eigenvalue weighted by atomic mass is 16.5. The van der Waals surface area contributed by atoms with Crippen LogP contribution in [0.1, 0.15) is 11.1 Å². The van der Waals surface area contributed by atoms with Gasteiger partial charge in [-0.05, 0) is 30.2 Å². The average molecular weight is 362 g/mol. The van der Waals surface area contributed by atoms with E-state index in [1.165, 1.54) is 15.2 Å². The number of ether oxygens (including phenoxy) is 1. The lowest BCUT2D eigenvalue weighted by atomic mass is 9.99. The largest absolute Gasteiger partial charge is 0.504 e. The van der Waals surface area contributed by atoms with E-state index in [9.17, 15) is 14.7 Å². The predicted molar refractivity (Wildman–Crippen MR) is 103 cm³/mol. The lowest BCUT2D eigenvalue weighted by molar-refractivity contribution is 0.407. The van der Waals surface area contributed by atoms with Crippen LogP contribution in [-0.4, -0.2) is 14.2 Å². The van der Waals surface area contributed by atoms with Crippen LogP contribution in [0.2, 0.25) is 0 Å². The molecule has 6 nitrogen and oxygen atoms in total. The number of pyridine rings is 2. The molecular weight excluding hydrogens is 344 g/mol. The van der Waals surface area contributed by atoms with E-state index in [-0.39, 0.29) is 28.4 Å². The molecule has 136 valence electrons. The van der Waals surface area contributed by atoms with Crippen LogP contribution < -0.4 is 15.9 Å². The fourth-order valence-electron chi connectivity index (χ4n) is 3.28. The summed E-state index contributed by atoms with van der Waals surface area (Å²) in [7, 11) is 3.32. The zero-order valence-corrected chi connectivity index (χ0v) is 15.0. The van der Waals surface area contributed by atoms with Crippen LogP contribution in [0.15, 0.2) is 58.4 Å². The number of hydrogen-bond donors (Lipinski definition) is 1. The van der Waals surface area contributed by atoms with Gasteiger partial charge >= 0.3 is 0 Å². The van der Waals surface area contributed by atoms with Crippen LogP contribution in [-0.2, 0) is 20.5 Å². The van der Waals surface area contributed by atoms with Crippen molar-refractivity contribution >= 4 is 6.08 Å². The van der Waals surface area contributed by atoms with Gasteiger partial charge in [0.2, 0.25) is 5.75 Å². The van der Waals surface area contributed by atoms with Crippen LogP contribution in [0.5, 0.6) is 17.2 Å². The number of phenols is 1. The van der Waals surface area contributed by atoms with Gasteiger partial charge in [0.1, 0.15) is 0 Å². The van der Waals surface area contributed by atoms with Gasteiger partial charge in [-0.1, -0.05) is 24.3 Å². The molecule has 1 aromatic carbocycles. The molecule has 0 radical (unpaired) electrons. The lowest BCUT2D eigenvalue weighted by Gasteiger charge is -2.16. The summed E-state index contributed by atoms with van der Waals surface area (Å²) in [5.41, 5.74) is 2.42. The number of phenolic OH excluding ortho intramolecular Hbond substituents is 1. The lowest BCUT2D eigenvalue weighted by Crippen LogP contribution is -2.22. The van der Waals surface area contributed by atoms with Gasteiger partial charge in [0.15, 0.2) is 11.5 Å². The summed E-state index contributed by atoms with van der Waals surface area (Å²) in [6, 6.07) is 8.26. The Balaban J connectivity index is 1.97. The first-order chi connectivity index (χ1) is 13.0. The van der Waals surface area contributed by atoms with E-state index in [4.69, 9.17) is 4.74 Å². The number of nitrogens with zero attached hydrogens (tertiary/aromatic N) is 2. The minimum atomic E-state index is -0.333. The summed E-state index contributed by atoms with van der Waals surface area (Å²) in [6.07, 6.45) is 7.76. The van der Waals surface area contributed by atoms with E-state index in [0.717, 1.165) is 11.1 Å². The molecule has 1 N–H and O–H groups in total. The summed E-state index contributed by atoms with van der Waals surface area (Å²) in [6.45, 7) is 0. The van der Waals surface area contributed by atoms with Crippen molar-refractivity contribution in [3.63, 3.8) is 0 Å². The van der Waals surface area contributed by atoms with E-state index in [1.54, 1.807) is 50.8 Å². The number of fused-ring (bicyclic) bond motifs is 1. The Kier molecular flexibility index (Phi) is 3.96. The molecule has 6 heteroatoms. The first-order valence-corrected chi connectivity index (χ1v) is 8.52. The highest BCUT2D eigenvalue weighted by Crippen LogP contribution is 2.37. The fourth-order valence-corrected chi connectivity index (χ4v) is 3.28. The van der Waals surface area contributed by atoms with Crippen LogP contribution >= 0.6 is 0 Å². The predicted octanol–water partition coefficient (Wildman–Crippen LogP) is 2.82. The van der Waals surface area contributed by atoms with Gasteiger partial charge in [-0.2, -0.15) is 0 Å². The second-order valence-electron chi connectivity index (χ2n) is 6.50. The fraction of sp³-hybridized carbons (Fsp3) is 0.143. The van der Waals surface area contributed by atoms with Crippen molar-refractivity contribution in [2.45, 2.75) is 6.42 Å². The minimum Gasteiger partial charge on any atom is -0.504 e. The minimum absolute atomic E-state index is 0.0502. The van der Waals surface area contributed by atoms with E-state index < -0.39 is 0 Å². The number of rotatable bonds is 3. The van der Waals surface area contributed by atoms with Crippen molar-refractivity contribution in [1.82, 2.24) is 9.13 Å². The van der Waals surface area contributed by atoms with E-state index in [2.05, 4.69) is 0 Å². The highest BCUT2D eigenvalue weighted by molar-refractivity contribution is 5.81. The normalized spacial score (nSPS) is 12.2. The third-order valence-corrected chi connectivity index (χ3v) is 4.71. The topological polar surface area (TPSA) is 73.5 Å². The molecule has 1 aliphatic rings. The summed E-state index contributed by atoms with van der Waals surface area (Å²) >= 11 is 0. The summed E-state index contributed by atoms with van der Waals surface area (Å²) < 4.78 is 8.77. The van der Waals surface area contributed by atoms with E-state index in [0.29, 0.717) is 17.5 Å². The molecule has 27 heavy (non-hydrogen) atoms. The molecule has 1 aliphatic carbocycles. The molecule has 0 unspecified atom stereocenters. The van der Waals surface area contributed by atoms with Crippen molar-refractivity contribution in [3.8, 4) is 28.4 Å². The molecule has 0 fully saturated rings. The zero-order chi connectivity index (χ0) is 19.1. The summed E-state index contributed by atoms with van der Waals surface area (Å²) in [5.74, 6) is 0.238. The van der Waals surface area contributed by atoms with Crippen molar-refractivity contribution < 1.29 is 9.84 Å². The molecule has 4 rings (SSSR count). The van der Waals surface area contributed by atoms with Gasteiger partial charge in [0, 0.05) is 43.2 Å². The Morgan fingerprint density at radius 2 is 1.78 bits per heavy atom. The number of allylic oxidation sites excluding steroid dienone is 1. The highest BCUT2D eigenvalue weighted by Gasteiger charge is 2.21. The first kappa shape index (κ1) is 16.9. The van der Waals surface area contributed by atoms with E-state index in [1.807, 2.05) is 12.2 Å². The SMILES string of the molecule is Cn1cc(-c2ccn(C)c(=O)c2Oc2ccccc2O)c2c(c1=O)CC=C2. The second-order valence-corrected chi connectivity index (χ2v) is 6.50. The molecule has 0 amide bonds. The molecule has 2 heterocycles. The van der Waals surface area contributed by atoms with Gasteiger partial charge in [0.25, 0.3) is 11.1 Å². The number of aromatic hydroxyl groups is 1. The third-order valence-electron chi connectivity index (χ3n) is 4.71. The molecule has 0 spiro atoms. The van der Waals surface area contributed by atoms with Crippen LogP contribution in [0.4, 0.5) is 0 Å². The van der Waals surface area contributed by atoms with Gasteiger partial charge in [-0.25, -0.2) is 0 Å². The summed E-state index contributed by atoms with van der Waals surface area (Å²) in [5, 5.41) is 10.0. The third kappa shape index (κ3) is 2.75. The molecule has 0 aliphatic heterocycles. The van der Waals surface area contributed by atoms with E-state index >= 15 is 0 Å². The number of aromatic nitrogens is 2. The van der Waals surface area contributed by atoms with Gasteiger partial charge < -0.3 is 19.0 Å². The van der Waals surface area contributed by atoms with Gasteiger partial charge in [-0.3, -0.25) is 9.59 Å². The first-order valence-electron chi connectivity index (χ1n) is 8.52. The average Bonchev–Trinajstić information content (AvgIpc) is 3.14. The van der Waals surface area contributed by atoms with Gasteiger partial charge in [-0.15, -0.1) is 0 Å². The molecule has 2 aromatic heterocycles. The second kappa shape index (κ2) is 6.32. The maximum Gasteiger partial charge on any atom is 0.293 e. The Morgan fingerprint density at radius 3 is 2.56 bits per heavy atom. The van der Waals surface area contributed by atoms with Crippen molar-refractivity contribution in [3.05, 3.63) is 80.6 Å². The Labute approximate surface area is 155 Å². The summed E-state index contributed by atoms with van der Waals surface area (Å²) in [4.78, 5) is 25.2. The maximum atomic E-state index is 12.8. The van der Waals surface area contributed by atoms with Crippen molar-refractivity contribution in [1.29, 1.82) is 0 Å². The number of aryl methyl sites for hydroxylation is 2. The molecular formula is C21H18N2O4. The smallest absolute Gasteiger partial charge is 0.293 e. The number of para-hydroxylation sites is 2. The quantitative estimate of drug-likeness (QED) is 0.778. The molecule has 0 saturated carbocycles. The number of benzene rings is 1. The standard InChI is InChI=1S/C21H18N2O4/c1-22-11-10-14(16-12-23(2)20(25)15-7-5-6-13(15)16)19(21(22)26)27-18-9-4-3-8-17(18)24/h3-6,8-12,24H,7H2,1-2H3. The molecule has 3 aromatic rings. The maximum absolute atomic E-state index is 12.8. The number of hydrogen-bond acceptors (Lipinski definition) is 4. The van der Waals surface area contributed by atoms with Gasteiger partial charge in [0.05, 0.1) is 0 Å². The molecule has 0 saturated heterocycles. The van der Waals surface area contributed by atoms with Crippen molar-refractivity contribution in [2.24, 2.45) is 14.1 Å². The molecule has 0 bridgehead atoms. The van der Waals surface area contributed by atoms with Crippen LogP contribution in [0.3, 0.4) is 0 Å². The van der Waals surface area contributed by atoms with Crippen molar-refractivity contribution in [2.75, 3.05) is 0 Å².